The Balaban J connectivity index is 1.92. The molecule has 1 amide bonds. The SMILES string of the molecule is CCc1cc(NC(=O)C2CCSC2)n[nH]1. The average molecular weight is 225 g/mol. The lowest BCUT2D eigenvalue weighted by Crippen LogP contribution is -2.22. The average Bonchev–Trinajstić information content (AvgIpc) is 2.87. The number of hydrogen-bond acceptors (Lipinski definition) is 3. The van der Waals surface area contributed by atoms with Crippen LogP contribution in [0.3, 0.4) is 0 Å². The molecule has 2 heterocycles. The van der Waals surface area contributed by atoms with E-state index >= 15 is 0 Å². The number of anilines is 1. The maximum atomic E-state index is 11.7. The van der Waals surface area contributed by atoms with E-state index in [0.717, 1.165) is 30.0 Å². The van der Waals surface area contributed by atoms with Gasteiger partial charge in [-0.25, -0.2) is 0 Å². The van der Waals surface area contributed by atoms with Crippen LogP contribution in [0.4, 0.5) is 5.82 Å². The molecule has 1 aromatic heterocycles. The van der Waals surface area contributed by atoms with Crippen molar-refractivity contribution in [2.24, 2.45) is 5.92 Å². The topological polar surface area (TPSA) is 57.8 Å². The van der Waals surface area contributed by atoms with Crippen molar-refractivity contribution in [3.63, 3.8) is 0 Å². The lowest BCUT2D eigenvalue weighted by molar-refractivity contribution is -0.119. The number of carbonyl (C=O) groups is 1. The van der Waals surface area contributed by atoms with E-state index in [-0.39, 0.29) is 11.8 Å². The molecule has 1 aliphatic rings. The number of aryl methyl sites for hydroxylation is 1. The van der Waals surface area contributed by atoms with Crippen molar-refractivity contribution in [2.75, 3.05) is 16.8 Å². The summed E-state index contributed by atoms with van der Waals surface area (Å²) in [6, 6.07) is 1.89. The predicted molar refractivity (Wildman–Crippen MR) is 62.0 cm³/mol. The number of aromatic amines is 1. The van der Waals surface area contributed by atoms with Gasteiger partial charge in [-0.1, -0.05) is 6.92 Å². The van der Waals surface area contributed by atoms with Crippen molar-refractivity contribution in [3.8, 4) is 0 Å². The molecule has 1 saturated heterocycles. The lowest BCUT2D eigenvalue weighted by atomic mass is 10.1. The summed E-state index contributed by atoms with van der Waals surface area (Å²) in [4.78, 5) is 11.7. The fraction of sp³-hybridized carbons (Fsp3) is 0.600. The first kappa shape index (κ1) is 10.5. The van der Waals surface area contributed by atoms with E-state index in [1.807, 2.05) is 24.8 Å². The molecule has 1 unspecified atom stereocenters. The molecule has 0 bridgehead atoms. The zero-order valence-electron chi connectivity index (χ0n) is 8.75. The molecule has 4 nitrogen and oxygen atoms in total. The second kappa shape index (κ2) is 4.70. The Hall–Kier alpha value is -0.970. The van der Waals surface area contributed by atoms with Gasteiger partial charge in [0.05, 0.1) is 0 Å². The predicted octanol–water partition coefficient (Wildman–Crippen LogP) is 1.66. The summed E-state index contributed by atoms with van der Waals surface area (Å²) < 4.78 is 0. The van der Waals surface area contributed by atoms with Crippen LogP contribution < -0.4 is 5.32 Å². The number of nitrogens with zero attached hydrogens (tertiary/aromatic N) is 1. The van der Waals surface area contributed by atoms with E-state index in [9.17, 15) is 4.79 Å². The second-order valence-corrected chi connectivity index (χ2v) is 4.83. The van der Waals surface area contributed by atoms with Crippen LogP contribution in [0.25, 0.3) is 0 Å². The maximum Gasteiger partial charge on any atom is 0.229 e. The summed E-state index contributed by atoms with van der Waals surface area (Å²) >= 11 is 1.84. The van der Waals surface area contributed by atoms with Crippen molar-refractivity contribution in [3.05, 3.63) is 11.8 Å². The monoisotopic (exact) mass is 225 g/mol. The first-order valence-electron chi connectivity index (χ1n) is 5.22. The van der Waals surface area contributed by atoms with E-state index in [1.165, 1.54) is 0 Å². The number of thioether (sulfide) groups is 1. The van der Waals surface area contributed by atoms with E-state index in [0.29, 0.717) is 5.82 Å². The third kappa shape index (κ3) is 2.53. The van der Waals surface area contributed by atoms with E-state index in [2.05, 4.69) is 15.5 Å². The van der Waals surface area contributed by atoms with Crippen LogP contribution in [-0.2, 0) is 11.2 Å². The van der Waals surface area contributed by atoms with Crippen LogP contribution in [0.1, 0.15) is 19.0 Å². The van der Waals surface area contributed by atoms with Crippen molar-refractivity contribution in [1.82, 2.24) is 10.2 Å². The van der Waals surface area contributed by atoms with Gasteiger partial charge in [0.1, 0.15) is 0 Å². The molecule has 0 aromatic carbocycles. The standard InChI is InChI=1S/C10H15N3OS/c1-2-8-5-9(13-12-8)11-10(14)7-3-4-15-6-7/h5,7H,2-4,6H2,1H3,(H2,11,12,13,14). The number of rotatable bonds is 3. The van der Waals surface area contributed by atoms with Crippen LogP contribution in [-0.4, -0.2) is 27.6 Å². The largest absolute Gasteiger partial charge is 0.309 e. The minimum Gasteiger partial charge on any atom is -0.309 e. The highest BCUT2D eigenvalue weighted by Crippen LogP contribution is 2.24. The van der Waals surface area contributed by atoms with Gasteiger partial charge >= 0.3 is 0 Å². The Morgan fingerprint density at radius 1 is 1.80 bits per heavy atom. The fourth-order valence-corrected chi connectivity index (χ4v) is 2.80. The summed E-state index contributed by atoms with van der Waals surface area (Å²) in [5.41, 5.74) is 1.05. The summed E-state index contributed by atoms with van der Waals surface area (Å²) in [5, 5.41) is 9.76. The highest BCUT2D eigenvalue weighted by atomic mass is 32.2. The Morgan fingerprint density at radius 2 is 2.67 bits per heavy atom. The summed E-state index contributed by atoms with van der Waals surface area (Å²) in [5.74, 6) is 2.95. The van der Waals surface area contributed by atoms with Gasteiger partial charge in [0.2, 0.25) is 5.91 Å². The van der Waals surface area contributed by atoms with Gasteiger partial charge in [-0.05, 0) is 18.6 Å². The van der Waals surface area contributed by atoms with Crippen molar-refractivity contribution in [2.45, 2.75) is 19.8 Å². The quantitative estimate of drug-likeness (QED) is 0.822. The summed E-state index contributed by atoms with van der Waals surface area (Å²) in [6.45, 7) is 2.05. The number of amides is 1. The van der Waals surface area contributed by atoms with E-state index < -0.39 is 0 Å². The minimum absolute atomic E-state index is 0.106. The van der Waals surface area contributed by atoms with Crippen molar-refractivity contribution < 1.29 is 4.79 Å². The summed E-state index contributed by atoms with van der Waals surface area (Å²) in [6.07, 6.45) is 1.89. The zero-order chi connectivity index (χ0) is 10.7. The number of aromatic nitrogens is 2. The highest BCUT2D eigenvalue weighted by Gasteiger charge is 2.23. The molecule has 1 aliphatic heterocycles. The minimum atomic E-state index is 0.106. The van der Waals surface area contributed by atoms with Crippen molar-refractivity contribution in [1.29, 1.82) is 0 Å². The lowest BCUT2D eigenvalue weighted by Gasteiger charge is -2.06. The molecule has 2 rings (SSSR count). The summed E-state index contributed by atoms with van der Waals surface area (Å²) in [7, 11) is 0. The number of carbonyl (C=O) groups excluding carboxylic acids is 1. The molecule has 5 heteroatoms. The van der Waals surface area contributed by atoms with Crippen LogP contribution in [0.5, 0.6) is 0 Å². The van der Waals surface area contributed by atoms with Gasteiger partial charge in [0.15, 0.2) is 5.82 Å². The molecule has 2 N–H and O–H groups in total. The van der Waals surface area contributed by atoms with E-state index in [4.69, 9.17) is 0 Å². The molecule has 82 valence electrons. The molecule has 0 saturated carbocycles. The molecule has 0 aliphatic carbocycles. The van der Waals surface area contributed by atoms with Crippen LogP contribution in [0.2, 0.25) is 0 Å². The molecule has 1 aromatic rings. The fourth-order valence-electron chi connectivity index (χ4n) is 1.58. The Kier molecular flexibility index (Phi) is 3.30. The first-order valence-corrected chi connectivity index (χ1v) is 6.38. The zero-order valence-corrected chi connectivity index (χ0v) is 9.56. The highest BCUT2D eigenvalue weighted by molar-refractivity contribution is 7.99. The Morgan fingerprint density at radius 3 is 3.27 bits per heavy atom. The molecular weight excluding hydrogens is 210 g/mol. The van der Waals surface area contributed by atoms with Gasteiger partial charge in [0.25, 0.3) is 0 Å². The Labute approximate surface area is 93.2 Å². The van der Waals surface area contributed by atoms with Gasteiger partial charge in [0, 0.05) is 23.4 Å². The van der Waals surface area contributed by atoms with E-state index in [1.54, 1.807) is 0 Å². The smallest absolute Gasteiger partial charge is 0.229 e. The van der Waals surface area contributed by atoms with Crippen LogP contribution in [0.15, 0.2) is 6.07 Å². The number of H-pyrrole nitrogens is 1. The maximum absolute atomic E-state index is 11.7. The molecule has 0 radical (unpaired) electrons. The third-order valence-corrected chi connectivity index (χ3v) is 3.73. The number of hydrogen-bond donors (Lipinski definition) is 2. The molecule has 1 fully saturated rings. The Bertz CT molecular complexity index is 344. The van der Waals surface area contributed by atoms with Gasteiger partial charge in [-0.2, -0.15) is 16.9 Å². The van der Waals surface area contributed by atoms with Crippen LogP contribution >= 0.6 is 11.8 Å². The van der Waals surface area contributed by atoms with Gasteiger partial charge in [-0.3, -0.25) is 9.89 Å². The number of nitrogens with one attached hydrogen (secondary N) is 2. The van der Waals surface area contributed by atoms with Crippen molar-refractivity contribution >= 4 is 23.5 Å². The second-order valence-electron chi connectivity index (χ2n) is 3.68. The third-order valence-electron chi connectivity index (χ3n) is 2.56. The normalized spacial score (nSPS) is 20.5. The van der Waals surface area contributed by atoms with Gasteiger partial charge < -0.3 is 5.32 Å². The first-order chi connectivity index (χ1) is 7.29. The molecular formula is C10H15N3OS. The molecule has 0 spiro atoms. The van der Waals surface area contributed by atoms with Crippen LogP contribution in [0, 0.1) is 5.92 Å². The molecule has 1 atom stereocenters. The molecule has 15 heavy (non-hydrogen) atoms. The van der Waals surface area contributed by atoms with Gasteiger partial charge in [-0.15, -0.1) is 0 Å².